The van der Waals surface area contributed by atoms with Crippen molar-refractivity contribution in [2.75, 3.05) is 5.73 Å². The molecule has 0 bridgehead atoms. The molecule has 0 aromatic heterocycles. The predicted molar refractivity (Wildman–Crippen MR) is 49.1 cm³/mol. The monoisotopic (exact) mass is 162 g/mol. The molecule has 4 heteroatoms. The number of hydrogen-bond donors (Lipinski definition) is 1. The van der Waals surface area contributed by atoms with Crippen LogP contribution in [-0.4, -0.2) is 0 Å². The molecule has 0 saturated heterocycles. The van der Waals surface area contributed by atoms with Gasteiger partial charge in [-0.25, -0.2) is 0 Å². The summed E-state index contributed by atoms with van der Waals surface area (Å²) in [6.45, 7) is 3.82. The SMILES string of the molecule is Cc1cc(C)c(N)c(N=[N+]=[N-])c1. The van der Waals surface area contributed by atoms with Crippen molar-refractivity contribution in [2.24, 2.45) is 5.11 Å². The molecule has 0 heterocycles. The van der Waals surface area contributed by atoms with Crippen LogP contribution in [0.25, 0.3) is 10.4 Å². The van der Waals surface area contributed by atoms with E-state index in [0.717, 1.165) is 11.1 Å². The predicted octanol–water partition coefficient (Wildman–Crippen LogP) is 2.83. The summed E-state index contributed by atoms with van der Waals surface area (Å²) >= 11 is 0. The van der Waals surface area contributed by atoms with E-state index in [9.17, 15) is 0 Å². The summed E-state index contributed by atoms with van der Waals surface area (Å²) in [6, 6.07) is 3.72. The lowest BCUT2D eigenvalue weighted by atomic mass is 10.1. The maximum Gasteiger partial charge on any atom is 0.0610 e. The highest BCUT2D eigenvalue weighted by atomic mass is 15.1. The molecule has 1 aromatic carbocycles. The Hall–Kier alpha value is -1.67. The van der Waals surface area contributed by atoms with Gasteiger partial charge in [0.2, 0.25) is 0 Å². The van der Waals surface area contributed by atoms with Gasteiger partial charge in [0.1, 0.15) is 0 Å². The van der Waals surface area contributed by atoms with Crippen LogP contribution in [0.4, 0.5) is 11.4 Å². The lowest BCUT2D eigenvalue weighted by molar-refractivity contribution is 1.35. The number of rotatable bonds is 1. The van der Waals surface area contributed by atoms with Crippen molar-refractivity contribution >= 4 is 11.4 Å². The van der Waals surface area contributed by atoms with Gasteiger partial charge in [-0.2, -0.15) is 0 Å². The molecule has 4 nitrogen and oxygen atoms in total. The Labute approximate surface area is 70.6 Å². The van der Waals surface area contributed by atoms with E-state index >= 15 is 0 Å². The molecule has 0 saturated carbocycles. The quantitative estimate of drug-likeness (QED) is 0.293. The topological polar surface area (TPSA) is 74.8 Å². The molecular weight excluding hydrogens is 152 g/mol. The maximum absolute atomic E-state index is 8.23. The first kappa shape index (κ1) is 8.43. The Morgan fingerprint density at radius 3 is 2.67 bits per heavy atom. The largest absolute Gasteiger partial charge is 0.398 e. The first-order valence-electron chi connectivity index (χ1n) is 3.57. The van der Waals surface area contributed by atoms with Gasteiger partial charge in [0.15, 0.2) is 0 Å². The van der Waals surface area contributed by atoms with E-state index in [1.807, 2.05) is 19.9 Å². The number of nitrogen functional groups attached to an aromatic ring is 1. The van der Waals surface area contributed by atoms with Gasteiger partial charge >= 0.3 is 0 Å². The first-order valence-corrected chi connectivity index (χ1v) is 3.57. The number of benzene rings is 1. The second-order valence-electron chi connectivity index (χ2n) is 2.70. The smallest absolute Gasteiger partial charge is 0.0610 e. The van der Waals surface area contributed by atoms with Crippen molar-refractivity contribution in [3.05, 3.63) is 33.7 Å². The van der Waals surface area contributed by atoms with Gasteiger partial charge in [0, 0.05) is 10.6 Å². The van der Waals surface area contributed by atoms with Crippen molar-refractivity contribution < 1.29 is 0 Å². The minimum atomic E-state index is 0.509. The highest BCUT2D eigenvalue weighted by molar-refractivity contribution is 5.67. The number of nitrogens with two attached hydrogens (primary N) is 1. The van der Waals surface area contributed by atoms with Crippen LogP contribution >= 0.6 is 0 Å². The molecule has 0 aliphatic carbocycles. The molecule has 62 valence electrons. The third-order valence-electron chi connectivity index (χ3n) is 1.66. The number of anilines is 1. The Kier molecular flexibility index (Phi) is 2.21. The first-order chi connectivity index (χ1) is 5.65. The average molecular weight is 162 g/mol. The van der Waals surface area contributed by atoms with Gasteiger partial charge in [-0.05, 0) is 31.0 Å². The Balaban J connectivity index is 3.36. The van der Waals surface area contributed by atoms with Gasteiger partial charge in [-0.3, -0.25) is 0 Å². The van der Waals surface area contributed by atoms with Gasteiger partial charge in [-0.1, -0.05) is 16.7 Å². The highest BCUT2D eigenvalue weighted by Gasteiger charge is 2.00. The van der Waals surface area contributed by atoms with Gasteiger partial charge < -0.3 is 5.73 Å². The molecule has 12 heavy (non-hydrogen) atoms. The van der Waals surface area contributed by atoms with E-state index in [0.29, 0.717) is 11.4 Å². The van der Waals surface area contributed by atoms with E-state index in [2.05, 4.69) is 10.0 Å². The fourth-order valence-corrected chi connectivity index (χ4v) is 1.09. The fourth-order valence-electron chi connectivity index (χ4n) is 1.09. The number of azide groups is 1. The lowest BCUT2D eigenvalue weighted by Crippen LogP contribution is -1.90. The normalized spacial score (nSPS) is 9.17. The second kappa shape index (κ2) is 3.15. The summed E-state index contributed by atoms with van der Waals surface area (Å²) in [7, 11) is 0. The second-order valence-corrected chi connectivity index (χ2v) is 2.70. The standard InChI is InChI=1S/C8H10N4/c1-5-3-6(2)8(9)7(4-5)11-12-10/h3-4H,9H2,1-2H3. The lowest BCUT2D eigenvalue weighted by Gasteiger charge is -2.04. The zero-order valence-electron chi connectivity index (χ0n) is 7.07. The summed E-state index contributed by atoms with van der Waals surface area (Å²) in [6.07, 6.45) is 0. The van der Waals surface area contributed by atoms with Crippen LogP contribution in [0.15, 0.2) is 17.2 Å². The maximum atomic E-state index is 8.23. The molecule has 0 fully saturated rings. The highest BCUT2D eigenvalue weighted by Crippen LogP contribution is 2.26. The van der Waals surface area contributed by atoms with E-state index in [1.165, 1.54) is 0 Å². The summed E-state index contributed by atoms with van der Waals surface area (Å²) in [4.78, 5) is 2.69. The van der Waals surface area contributed by atoms with E-state index in [1.54, 1.807) is 6.07 Å². The van der Waals surface area contributed by atoms with Gasteiger partial charge in [0.25, 0.3) is 0 Å². The van der Waals surface area contributed by atoms with Crippen LogP contribution in [0, 0.1) is 13.8 Å². The molecule has 2 N–H and O–H groups in total. The van der Waals surface area contributed by atoms with Crippen molar-refractivity contribution in [2.45, 2.75) is 13.8 Å². The Morgan fingerprint density at radius 2 is 2.08 bits per heavy atom. The van der Waals surface area contributed by atoms with Gasteiger partial charge in [-0.15, -0.1) is 0 Å². The Bertz CT molecular complexity index is 350. The molecule has 0 radical (unpaired) electrons. The molecule has 0 aliphatic heterocycles. The van der Waals surface area contributed by atoms with Crippen LogP contribution < -0.4 is 5.73 Å². The Morgan fingerprint density at radius 1 is 1.42 bits per heavy atom. The third kappa shape index (κ3) is 1.49. The van der Waals surface area contributed by atoms with Crippen LogP contribution in [0.5, 0.6) is 0 Å². The summed E-state index contributed by atoms with van der Waals surface area (Å²) in [5, 5.41) is 3.48. The van der Waals surface area contributed by atoms with Crippen molar-refractivity contribution in [3.8, 4) is 0 Å². The van der Waals surface area contributed by atoms with Crippen LogP contribution in [0.3, 0.4) is 0 Å². The zero-order chi connectivity index (χ0) is 9.14. The van der Waals surface area contributed by atoms with Gasteiger partial charge in [0.05, 0.1) is 5.69 Å². The molecular formula is C8H10N4. The molecule has 1 rings (SSSR count). The van der Waals surface area contributed by atoms with E-state index < -0.39 is 0 Å². The molecule has 0 aliphatic rings. The number of hydrogen-bond acceptors (Lipinski definition) is 2. The average Bonchev–Trinajstić information content (AvgIpc) is 2.00. The van der Waals surface area contributed by atoms with Crippen molar-refractivity contribution in [1.29, 1.82) is 0 Å². The summed E-state index contributed by atoms with van der Waals surface area (Å²) < 4.78 is 0. The van der Waals surface area contributed by atoms with Crippen LogP contribution in [0.2, 0.25) is 0 Å². The molecule has 1 aromatic rings. The number of aryl methyl sites for hydroxylation is 2. The number of nitrogens with zero attached hydrogens (tertiary/aromatic N) is 3. The minimum Gasteiger partial charge on any atom is -0.398 e. The van der Waals surface area contributed by atoms with Crippen molar-refractivity contribution in [1.82, 2.24) is 0 Å². The summed E-state index contributed by atoms with van der Waals surface area (Å²) in [5.41, 5.74) is 17.0. The summed E-state index contributed by atoms with van der Waals surface area (Å²) in [5.74, 6) is 0. The molecule has 0 atom stereocenters. The third-order valence-corrected chi connectivity index (χ3v) is 1.66. The molecule has 0 spiro atoms. The van der Waals surface area contributed by atoms with Crippen molar-refractivity contribution in [3.63, 3.8) is 0 Å². The molecule has 0 amide bonds. The minimum absolute atomic E-state index is 0.509. The van der Waals surface area contributed by atoms with E-state index in [4.69, 9.17) is 11.3 Å². The fraction of sp³-hybridized carbons (Fsp3) is 0.250. The van der Waals surface area contributed by atoms with Crippen LogP contribution in [0.1, 0.15) is 11.1 Å². The molecule has 0 unspecified atom stereocenters. The van der Waals surface area contributed by atoms with Crippen LogP contribution in [-0.2, 0) is 0 Å². The van der Waals surface area contributed by atoms with E-state index in [-0.39, 0.29) is 0 Å². The zero-order valence-corrected chi connectivity index (χ0v) is 7.07.